The van der Waals surface area contributed by atoms with Gasteiger partial charge in [0, 0.05) is 24.0 Å². The van der Waals surface area contributed by atoms with Gasteiger partial charge in [0.1, 0.15) is 5.82 Å². The van der Waals surface area contributed by atoms with Crippen LogP contribution in [0, 0.1) is 5.82 Å². The molecular formula is C21H18BrFN4OS2. The maximum atomic E-state index is 13.8. The zero-order chi connectivity index (χ0) is 21.1. The van der Waals surface area contributed by atoms with Gasteiger partial charge in [-0.25, -0.2) is 4.39 Å². The number of hydrogen-bond donors (Lipinski definition) is 2. The molecule has 0 bridgehead atoms. The van der Waals surface area contributed by atoms with Crippen LogP contribution in [0.2, 0.25) is 0 Å². The first kappa shape index (κ1) is 20.9. The number of thiophene rings is 1. The van der Waals surface area contributed by atoms with Gasteiger partial charge in [-0.05, 0) is 64.5 Å². The third kappa shape index (κ3) is 4.53. The van der Waals surface area contributed by atoms with Gasteiger partial charge in [0.05, 0.1) is 27.3 Å². The van der Waals surface area contributed by atoms with Crippen molar-refractivity contribution in [3.05, 3.63) is 81.0 Å². The number of halogens is 2. The fourth-order valence-electron chi connectivity index (χ4n) is 3.44. The molecule has 2 atom stereocenters. The number of nitrogens with one attached hydrogen (secondary N) is 2. The minimum Gasteiger partial charge on any atom is -0.352 e. The lowest BCUT2D eigenvalue weighted by molar-refractivity contribution is -0.116. The number of hydrogen-bond acceptors (Lipinski definition) is 4. The Morgan fingerprint density at radius 3 is 2.73 bits per heavy atom. The Labute approximate surface area is 191 Å². The summed E-state index contributed by atoms with van der Waals surface area (Å²) in [6, 6.07) is 15.7. The van der Waals surface area contributed by atoms with E-state index >= 15 is 0 Å². The van der Waals surface area contributed by atoms with Gasteiger partial charge in [-0.1, -0.05) is 18.2 Å². The van der Waals surface area contributed by atoms with Crippen molar-refractivity contribution in [2.24, 2.45) is 0 Å². The molecule has 0 spiro atoms. The number of benzene rings is 1. The lowest BCUT2D eigenvalue weighted by Gasteiger charge is -2.26. The predicted octanol–water partition coefficient (Wildman–Crippen LogP) is 5.05. The Morgan fingerprint density at radius 1 is 1.23 bits per heavy atom. The summed E-state index contributed by atoms with van der Waals surface area (Å²) < 4.78 is 14.8. The molecule has 0 saturated carbocycles. The van der Waals surface area contributed by atoms with Gasteiger partial charge in [0.25, 0.3) is 0 Å². The number of thiocarbonyl (C=S) groups is 1. The standard InChI is InChI=1S/C21H18BrFN4OS2/c22-17-9-8-16(30-17)20-19(15-7-3-4-11-24-15)26-21(29)27(20)12-10-18(28)25-14-6-2-1-5-13(14)23/h1-9,11,19-20H,10,12H2,(H,25,28)(H,26,29)/t19-,20+/m0/s1. The first-order valence-electron chi connectivity index (χ1n) is 9.30. The number of nitrogens with zero attached hydrogens (tertiary/aromatic N) is 2. The summed E-state index contributed by atoms with van der Waals surface area (Å²) in [5, 5.41) is 6.55. The van der Waals surface area contributed by atoms with E-state index in [4.69, 9.17) is 12.2 Å². The average molecular weight is 505 g/mol. The first-order chi connectivity index (χ1) is 14.5. The molecule has 1 amide bonds. The maximum Gasteiger partial charge on any atom is 0.226 e. The van der Waals surface area contributed by atoms with Crippen LogP contribution in [0.5, 0.6) is 0 Å². The summed E-state index contributed by atoms with van der Waals surface area (Å²) in [6.45, 7) is 0.398. The van der Waals surface area contributed by atoms with Crippen molar-refractivity contribution < 1.29 is 9.18 Å². The van der Waals surface area contributed by atoms with E-state index in [9.17, 15) is 9.18 Å². The second kappa shape index (κ2) is 9.20. The normalized spacial score (nSPS) is 18.3. The van der Waals surface area contributed by atoms with Gasteiger partial charge in [-0.2, -0.15) is 0 Å². The molecule has 0 radical (unpaired) electrons. The fourth-order valence-corrected chi connectivity index (χ4v) is 5.35. The third-order valence-electron chi connectivity index (χ3n) is 4.81. The lowest BCUT2D eigenvalue weighted by Crippen LogP contribution is -2.32. The first-order valence-corrected chi connectivity index (χ1v) is 11.3. The minimum absolute atomic E-state index is 0.0926. The maximum absolute atomic E-state index is 13.8. The van der Waals surface area contributed by atoms with Crippen molar-refractivity contribution in [1.29, 1.82) is 0 Å². The van der Waals surface area contributed by atoms with Crippen LogP contribution in [-0.2, 0) is 4.79 Å². The number of rotatable bonds is 6. The highest BCUT2D eigenvalue weighted by atomic mass is 79.9. The van der Waals surface area contributed by atoms with E-state index in [1.54, 1.807) is 35.7 Å². The Morgan fingerprint density at radius 2 is 2.03 bits per heavy atom. The van der Waals surface area contributed by atoms with Crippen LogP contribution >= 0.6 is 39.5 Å². The van der Waals surface area contributed by atoms with Crippen LogP contribution in [0.15, 0.2) is 64.6 Å². The SMILES string of the molecule is O=C(CCN1C(=S)N[C@@H](c2ccccn2)[C@H]1c1ccc(Br)s1)Nc1ccccc1F. The molecule has 1 aromatic carbocycles. The average Bonchev–Trinajstić information content (AvgIpc) is 3.31. The van der Waals surface area contributed by atoms with E-state index in [0.29, 0.717) is 11.7 Å². The summed E-state index contributed by atoms with van der Waals surface area (Å²) in [7, 11) is 0. The van der Waals surface area contributed by atoms with Crippen LogP contribution in [0.25, 0.3) is 0 Å². The van der Waals surface area contributed by atoms with Crippen molar-refractivity contribution in [2.45, 2.75) is 18.5 Å². The number of anilines is 1. The van der Waals surface area contributed by atoms with Gasteiger partial charge in [-0.3, -0.25) is 9.78 Å². The number of carbonyl (C=O) groups excluding carboxylic acids is 1. The lowest BCUT2D eigenvalue weighted by atomic mass is 10.0. The van der Waals surface area contributed by atoms with Crippen LogP contribution in [0.4, 0.5) is 10.1 Å². The Kier molecular flexibility index (Phi) is 6.40. The van der Waals surface area contributed by atoms with Crippen molar-refractivity contribution in [1.82, 2.24) is 15.2 Å². The van der Waals surface area contributed by atoms with Crippen molar-refractivity contribution in [3.8, 4) is 0 Å². The van der Waals surface area contributed by atoms with E-state index in [1.165, 1.54) is 6.07 Å². The molecule has 2 N–H and O–H groups in total. The quantitative estimate of drug-likeness (QED) is 0.460. The molecular weight excluding hydrogens is 487 g/mol. The van der Waals surface area contributed by atoms with E-state index in [2.05, 4.69) is 37.6 Å². The number of pyridine rings is 1. The molecule has 9 heteroatoms. The number of carbonyl (C=O) groups is 1. The van der Waals surface area contributed by atoms with Crippen molar-refractivity contribution >= 4 is 56.2 Å². The van der Waals surface area contributed by atoms with Crippen LogP contribution < -0.4 is 10.6 Å². The monoisotopic (exact) mass is 504 g/mol. The van der Waals surface area contributed by atoms with E-state index in [-0.39, 0.29) is 30.1 Å². The molecule has 5 nitrogen and oxygen atoms in total. The molecule has 1 aliphatic heterocycles. The largest absolute Gasteiger partial charge is 0.352 e. The summed E-state index contributed by atoms with van der Waals surface area (Å²) in [5.41, 5.74) is 1.06. The summed E-state index contributed by atoms with van der Waals surface area (Å²) in [5.74, 6) is -0.726. The van der Waals surface area contributed by atoms with Crippen molar-refractivity contribution in [2.75, 3.05) is 11.9 Å². The van der Waals surface area contributed by atoms with Gasteiger partial charge in [-0.15, -0.1) is 11.3 Å². The second-order valence-electron chi connectivity index (χ2n) is 6.74. The smallest absolute Gasteiger partial charge is 0.226 e. The predicted molar refractivity (Wildman–Crippen MR) is 124 cm³/mol. The van der Waals surface area contributed by atoms with Gasteiger partial charge >= 0.3 is 0 Å². The topological polar surface area (TPSA) is 57.3 Å². The molecule has 0 aliphatic carbocycles. The molecule has 3 heterocycles. The fraction of sp³-hybridized carbons (Fsp3) is 0.190. The van der Waals surface area contributed by atoms with Gasteiger partial charge < -0.3 is 15.5 Å². The third-order valence-corrected chi connectivity index (χ3v) is 6.86. The van der Waals surface area contributed by atoms with Crippen LogP contribution in [0.1, 0.15) is 29.1 Å². The second-order valence-corrected chi connectivity index (χ2v) is 9.62. The van der Waals surface area contributed by atoms with Gasteiger partial charge in [0.15, 0.2) is 5.11 Å². The van der Waals surface area contributed by atoms with E-state index < -0.39 is 5.82 Å². The van der Waals surface area contributed by atoms with Crippen LogP contribution in [-0.4, -0.2) is 27.4 Å². The minimum atomic E-state index is -0.458. The highest BCUT2D eigenvalue weighted by Gasteiger charge is 2.40. The summed E-state index contributed by atoms with van der Waals surface area (Å²) in [6.07, 6.45) is 1.93. The Balaban J connectivity index is 1.52. The molecule has 1 saturated heterocycles. The van der Waals surface area contributed by atoms with Crippen LogP contribution in [0.3, 0.4) is 0 Å². The Bertz CT molecular complexity index is 1060. The molecule has 3 aromatic rings. The molecule has 30 heavy (non-hydrogen) atoms. The summed E-state index contributed by atoms with van der Waals surface area (Å²) >= 11 is 10.7. The molecule has 0 unspecified atom stereocenters. The van der Waals surface area contributed by atoms with Gasteiger partial charge in [0.2, 0.25) is 5.91 Å². The zero-order valence-corrected chi connectivity index (χ0v) is 18.9. The zero-order valence-electron chi connectivity index (χ0n) is 15.7. The summed E-state index contributed by atoms with van der Waals surface area (Å²) in [4.78, 5) is 20.1. The Hall–Kier alpha value is -2.36. The molecule has 1 aliphatic rings. The highest BCUT2D eigenvalue weighted by molar-refractivity contribution is 9.11. The van der Waals surface area contributed by atoms with E-state index in [0.717, 1.165) is 14.4 Å². The molecule has 1 fully saturated rings. The number of aromatic nitrogens is 1. The molecule has 154 valence electrons. The number of para-hydroxylation sites is 1. The highest BCUT2D eigenvalue weighted by Crippen LogP contribution is 2.42. The van der Waals surface area contributed by atoms with Crippen molar-refractivity contribution in [3.63, 3.8) is 0 Å². The molecule has 4 rings (SSSR count). The number of amides is 1. The van der Waals surface area contributed by atoms with E-state index in [1.807, 2.05) is 29.2 Å². The molecule has 2 aromatic heterocycles.